The molecule has 0 fully saturated rings. The van der Waals surface area contributed by atoms with Gasteiger partial charge in [0.2, 0.25) is 0 Å². The number of rotatable bonds is 0. The van der Waals surface area contributed by atoms with Crippen LogP contribution in [-0.2, 0) is 12.8 Å². The van der Waals surface area contributed by atoms with Gasteiger partial charge in [-0.15, -0.1) is 0 Å². The van der Waals surface area contributed by atoms with E-state index in [1.165, 1.54) is 0 Å². The monoisotopic (exact) mass is 242 g/mol. The number of nitrogens with zero attached hydrogens (tertiary/aromatic N) is 2. The number of hydrogen-bond donors (Lipinski definition) is 0. The Morgan fingerprint density at radius 3 is 2.78 bits per heavy atom. The molecule has 94 valence electrons. The van der Waals surface area contributed by atoms with Gasteiger partial charge in [0.15, 0.2) is 0 Å². The lowest BCUT2D eigenvalue weighted by molar-refractivity contribution is 0.250. The first-order valence-electron chi connectivity index (χ1n) is 6.46. The second kappa shape index (κ2) is 3.67. The van der Waals surface area contributed by atoms with Crippen molar-refractivity contribution in [3.05, 3.63) is 46.0 Å². The van der Waals surface area contributed by atoms with E-state index in [1.807, 2.05) is 18.2 Å². The Labute approximate surface area is 106 Å². The van der Waals surface area contributed by atoms with Crippen LogP contribution in [0.4, 0.5) is 0 Å². The molecule has 0 aromatic carbocycles. The van der Waals surface area contributed by atoms with E-state index < -0.39 is 0 Å². The molecule has 0 spiro atoms. The van der Waals surface area contributed by atoms with Gasteiger partial charge < -0.3 is 0 Å². The zero-order valence-electron chi connectivity index (χ0n) is 11.1. The van der Waals surface area contributed by atoms with Crippen LogP contribution in [0.3, 0.4) is 0 Å². The van der Waals surface area contributed by atoms with Crippen molar-refractivity contribution in [2.75, 3.05) is 0 Å². The second-order valence-electron chi connectivity index (χ2n) is 6.24. The first kappa shape index (κ1) is 11.5. The molecular formula is C15H18N2O. The van der Waals surface area contributed by atoms with Gasteiger partial charge in [0.05, 0.1) is 5.69 Å². The summed E-state index contributed by atoms with van der Waals surface area (Å²) >= 11 is 0. The van der Waals surface area contributed by atoms with Gasteiger partial charge in [-0.1, -0.05) is 26.8 Å². The first-order chi connectivity index (χ1) is 8.47. The van der Waals surface area contributed by atoms with E-state index in [1.54, 1.807) is 10.6 Å². The fraction of sp³-hybridized carbons (Fsp3) is 0.467. The van der Waals surface area contributed by atoms with E-state index in [9.17, 15) is 4.79 Å². The minimum absolute atomic E-state index is 0.113. The Morgan fingerprint density at radius 1 is 1.28 bits per heavy atom. The molecule has 0 bridgehead atoms. The van der Waals surface area contributed by atoms with E-state index in [0.29, 0.717) is 5.92 Å². The standard InChI is InChI=1S/C15H18N2O/c1-15(2,3)10-8-11-12(9-10)16-13-6-4-5-7-17(13)14(11)18/h4-7,10H,8-9H2,1-3H3. The van der Waals surface area contributed by atoms with E-state index in [2.05, 4.69) is 25.8 Å². The molecule has 1 unspecified atom stereocenters. The SMILES string of the molecule is CC(C)(C)C1Cc2nc3ccccn3c(=O)c2C1. The van der Waals surface area contributed by atoms with E-state index >= 15 is 0 Å². The van der Waals surface area contributed by atoms with Gasteiger partial charge in [0.25, 0.3) is 5.56 Å². The van der Waals surface area contributed by atoms with E-state index in [4.69, 9.17) is 0 Å². The molecule has 1 atom stereocenters. The van der Waals surface area contributed by atoms with E-state index in [0.717, 1.165) is 29.7 Å². The van der Waals surface area contributed by atoms with Gasteiger partial charge >= 0.3 is 0 Å². The fourth-order valence-corrected chi connectivity index (χ4v) is 2.71. The first-order valence-corrected chi connectivity index (χ1v) is 6.46. The van der Waals surface area contributed by atoms with Crippen molar-refractivity contribution in [1.29, 1.82) is 0 Å². The average Bonchev–Trinajstić information content (AvgIpc) is 2.73. The number of pyridine rings is 1. The third kappa shape index (κ3) is 1.65. The normalized spacial score (nSPS) is 19.2. The lowest BCUT2D eigenvalue weighted by Crippen LogP contribution is -2.22. The molecule has 0 aliphatic heterocycles. The number of hydrogen-bond acceptors (Lipinski definition) is 2. The van der Waals surface area contributed by atoms with Crippen molar-refractivity contribution < 1.29 is 0 Å². The van der Waals surface area contributed by atoms with Crippen molar-refractivity contribution in [3.8, 4) is 0 Å². The maximum Gasteiger partial charge on any atom is 0.261 e. The highest BCUT2D eigenvalue weighted by Gasteiger charge is 2.33. The molecule has 0 saturated heterocycles. The summed E-state index contributed by atoms with van der Waals surface area (Å²) in [6.07, 6.45) is 3.59. The Morgan fingerprint density at radius 2 is 2.06 bits per heavy atom. The van der Waals surface area contributed by atoms with Gasteiger partial charge in [-0.25, -0.2) is 4.98 Å². The molecule has 3 nitrogen and oxygen atoms in total. The van der Waals surface area contributed by atoms with Gasteiger partial charge in [-0.3, -0.25) is 9.20 Å². The van der Waals surface area contributed by atoms with Crippen LogP contribution in [0.25, 0.3) is 5.65 Å². The topological polar surface area (TPSA) is 34.4 Å². The predicted octanol–water partition coefficient (Wildman–Crippen LogP) is 2.46. The van der Waals surface area contributed by atoms with Crippen LogP contribution < -0.4 is 5.56 Å². The van der Waals surface area contributed by atoms with Crippen molar-refractivity contribution >= 4 is 5.65 Å². The van der Waals surface area contributed by atoms with E-state index in [-0.39, 0.29) is 11.0 Å². The molecule has 1 aliphatic carbocycles. The van der Waals surface area contributed by atoms with Crippen LogP contribution in [0.1, 0.15) is 32.0 Å². The largest absolute Gasteiger partial charge is 0.269 e. The van der Waals surface area contributed by atoms with Crippen LogP contribution >= 0.6 is 0 Å². The van der Waals surface area contributed by atoms with Crippen LogP contribution in [-0.4, -0.2) is 9.38 Å². The lowest BCUT2D eigenvalue weighted by atomic mass is 9.79. The van der Waals surface area contributed by atoms with Gasteiger partial charge in [-0.2, -0.15) is 0 Å². The Balaban J connectivity index is 2.17. The molecule has 3 heteroatoms. The molecule has 0 saturated carbocycles. The Hall–Kier alpha value is -1.64. The summed E-state index contributed by atoms with van der Waals surface area (Å²) in [6, 6.07) is 5.69. The minimum atomic E-state index is 0.113. The molecule has 0 amide bonds. The molecule has 0 N–H and O–H groups in total. The average molecular weight is 242 g/mol. The minimum Gasteiger partial charge on any atom is -0.269 e. The summed E-state index contributed by atoms with van der Waals surface area (Å²) in [5.41, 5.74) is 3.02. The quantitative estimate of drug-likeness (QED) is 0.711. The zero-order valence-corrected chi connectivity index (χ0v) is 11.1. The fourth-order valence-electron chi connectivity index (χ4n) is 2.71. The maximum absolute atomic E-state index is 12.4. The lowest BCUT2D eigenvalue weighted by Gasteiger charge is -2.26. The summed E-state index contributed by atoms with van der Waals surface area (Å²) in [6.45, 7) is 6.71. The molecule has 2 heterocycles. The van der Waals surface area contributed by atoms with Crippen molar-refractivity contribution in [2.24, 2.45) is 11.3 Å². The predicted molar refractivity (Wildman–Crippen MR) is 71.8 cm³/mol. The third-order valence-corrected chi connectivity index (χ3v) is 4.03. The molecule has 3 rings (SSSR count). The summed E-state index contributed by atoms with van der Waals surface area (Å²) in [4.78, 5) is 17.1. The highest BCUT2D eigenvalue weighted by Crippen LogP contribution is 2.36. The summed E-state index contributed by atoms with van der Waals surface area (Å²) in [5, 5.41) is 0. The second-order valence-corrected chi connectivity index (χ2v) is 6.24. The van der Waals surface area contributed by atoms with Gasteiger partial charge in [0.1, 0.15) is 5.65 Å². The van der Waals surface area contributed by atoms with Crippen molar-refractivity contribution in [3.63, 3.8) is 0 Å². The molecular weight excluding hydrogens is 224 g/mol. The third-order valence-electron chi connectivity index (χ3n) is 4.03. The highest BCUT2D eigenvalue weighted by molar-refractivity contribution is 5.42. The Kier molecular flexibility index (Phi) is 2.34. The van der Waals surface area contributed by atoms with Gasteiger partial charge in [-0.05, 0) is 36.3 Å². The zero-order chi connectivity index (χ0) is 12.9. The van der Waals surface area contributed by atoms with Crippen molar-refractivity contribution in [1.82, 2.24) is 9.38 Å². The summed E-state index contributed by atoms with van der Waals surface area (Å²) < 4.78 is 1.66. The Bertz CT molecular complexity index is 664. The van der Waals surface area contributed by atoms with Crippen LogP contribution in [0.15, 0.2) is 29.2 Å². The van der Waals surface area contributed by atoms with Crippen LogP contribution in [0, 0.1) is 11.3 Å². The molecule has 18 heavy (non-hydrogen) atoms. The molecule has 1 aliphatic rings. The molecule has 2 aromatic heterocycles. The van der Waals surface area contributed by atoms with Crippen LogP contribution in [0.2, 0.25) is 0 Å². The number of aromatic nitrogens is 2. The molecule has 0 radical (unpaired) electrons. The van der Waals surface area contributed by atoms with Crippen LogP contribution in [0.5, 0.6) is 0 Å². The van der Waals surface area contributed by atoms with Gasteiger partial charge in [0, 0.05) is 11.8 Å². The summed E-state index contributed by atoms with van der Waals surface area (Å²) in [7, 11) is 0. The molecule has 2 aromatic rings. The maximum atomic E-state index is 12.4. The smallest absolute Gasteiger partial charge is 0.261 e. The summed E-state index contributed by atoms with van der Waals surface area (Å²) in [5.74, 6) is 0.519. The number of fused-ring (bicyclic) bond motifs is 2. The van der Waals surface area contributed by atoms with Crippen molar-refractivity contribution in [2.45, 2.75) is 33.6 Å². The highest BCUT2D eigenvalue weighted by atomic mass is 16.1.